The molecule has 18 heavy (non-hydrogen) atoms. The zero-order valence-corrected chi connectivity index (χ0v) is 11.2. The van der Waals surface area contributed by atoms with Crippen LogP contribution in [0.3, 0.4) is 0 Å². The summed E-state index contributed by atoms with van der Waals surface area (Å²) in [6.45, 7) is 1.77. The number of hydrogen-bond acceptors (Lipinski definition) is 3. The van der Waals surface area contributed by atoms with Crippen LogP contribution in [-0.4, -0.2) is 16.0 Å². The van der Waals surface area contributed by atoms with Gasteiger partial charge in [-0.2, -0.15) is 0 Å². The number of amides is 1. The van der Waals surface area contributed by atoms with Gasteiger partial charge in [-0.3, -0.25) is 9.78 Å². The van der Waals surface area contributed by atoms with E-state index in [-0.39, 0.29) is 11.7 Å². The van der Waals surface area contributed by atoms with Gasteiger partial charge in [0, 0.05) is 18.0 Å². The molecule has 2 rings (SSSR count). The summed E-state index contributed by atoms with van der Waals surface area (Å²) >= 11 is 3.31. The maximum Gasteiger partial charge on any atom is 0.255 e. The normalized spacial score (nSPS) is 10.1. The van der Waals surface area contributed by atoms with Gasteiger partial charge in [-0.15, -0.1) is 0 Å². The highest BCUT2D eigenvalue weighted by Crippen LogP contribution is 2.22. The third-order valence-corrected chi connectivity index (χ3v) is 3.11. The Hall–Kier alpha value is -1.88. The summed E-state index contributed by atoms with van der Waals surface area (Å²) in [7, 11) is 0. The van der Waals surface area contributed by atoms with Gasteiger partial charge in [0.25, 0.3) is 5.91 Å². The Balaban J connectivity index is 2.25. The van der Waals surface area contributed by atoms with Crippen LogP contribution < -0.4 is 5.32 Å². The number of phenolic OH excluding ortho intramolecular Hbond substituents is 1. The molecule has 0 aliphatic heterocycles. The van der Waals surface area contributed by atoms with Gasteiger partial charge in [0.15, 0.2) is 0 Å². The summed E-state index contributed by atoms with van der Waals surface area (Å²) < 4.78 is 0.717. The van der Waals surface area contributed by atoms with E-state index in [1.165, 1.54) is 6.07 Å². The number of aromatic hydroxyl groups is 1. The molecule has 4 nitrogen and oxygen atoms in total. The Kier molecular flexibility index (Phi) is 3.62. The maximum absolute atomic E-state index is 12.1. The van der Waals surface area contributed by atoms with E-state index in [1.54, 1.807) is 37.5 Å². The number of rotatable bonds is 2. The second-order valence-corrected chi connectivity index (χ2v) is 4.66. The summed E-state index contributed by atoms with van der Waals surface area (Å²) in [6.07, 6.45) is 3.21. The van der Waals surface area contributed by atoms with Gasteiger partial charge in [0.1, 0.15) is 5.75 Å². The minimum atomic E-state index is -0.223. The van der Waals surface area contributed by atoms with Crippen LogP contribution in [-0.2, 0) is 0 Å². The summed E-state index contributed by atoms with van der Waals surface area (Å²) in [5.41, 5.74) is 1.90. The number of aromatic nitrogens is 1. The number of carbonyl (C=O) groups is 1. The lowest BCUT2D eigenvalue weighted by Crippen LogP contribution is -2.13. The largest absolute Gasteiger partial charge is 0.508 e. The number of halogens is 1. The molecule has 2 aromatic rings. The van der Waals surface area contributed by atoms with Crippen molar-refractivity contribution in [1.29, 1.82) is 0 Å². The van der Waals surface area contributed by atoms with Crippen LogP contribution in [0, 0.1) is 6.92 Å². The van der Waals surface area contributed by atoms with Gasteiger partial charge < -0.3 is 10.4 Å². The molecule has 0 radical (unpaired) electrons. The first kappa shape index (κ1) is 12.6. The molecule has 0 spiro atoms. The highest BCUT2D eigenvalue weighted by Gasteiger charge is 2.11. The summed E-state index contributed by atoms with van der Waals surface area (Å²) in [5, 5.41) is 12.1. The fraction of sp³-hybridized carbons (Fsp3) is 0.0769. The highest BCUT2D eigenvalue weighted by atomic mass is 79.9. The van der Waals surface area contributed by atoms with Gasteiger partial charge in [-0.25, -0.2) is 0 Å². The van der Waals surface area contributed by atoms with Crippen molar-refractivity contribution >= 4 is 27.5 Å². The van der Waals surface area contributed by atoms with Crippen LogP contribution in [0.5, 0.6) is 5.75 Å². The van der Waals surface area contributed by atoms with E-state index in [2.05, 4.69) is 26.2 Å². The van der Waals surface area contributed by atoms with E-state index in [0.29, 0.717) is 11.3 Å². The van der Waals surface area contributed by atoms with E-state index in [9.17, 15) is 9.90 Å². The van der Waals surface area contributed by atoms with E-state index in [1.807, 2.05) is 0 Å². The first-order chi connectivity index (χ1) is 8.58. The third kappa shape index (κ3) is 2.68. The zero-order chi connectivity index (χ0) is 13.1. The summed E-state index contributed by atoms with van der Waals surface area (Å²) in [6, 6.07) is 6.34. The maximum atomic E-state index is 12.1. The predicted molar refractivity (Wildman–Crippen MR) is 72.7 cm³/mol. The molecule has 0 aliphatic carbocycles. The number of hydrogen-bond donors (Lipinski definition) is 2. The Morgan fingerprint density at radius 2 is 2.17 bits per heavy atom. The number of aryl methyl sites for hydroxylation is 1. The van der Waals surface area contributed by atoms with E-state index < -0.39 is 0 Å². The van der Waals surface area contributed by atoms with Crippen LogP contribution in [0.15, 0.2) is 41.1 Å². The first-order valence-electron chi connectivity index (χ1n) is 5.28. The van der Waals surface area contributed by atoms with Gasteiger partial charge in [-0.05, 0) is 52.7 Å². The van der Waals surface area contributed by atoms with Gasteiger partial charge in [0.05, 0.1) is 10.2 Å². The SMILES string of the molecule is Cc1cc(O)ccc1C(=O)Nc1ccncc1Br. The first-order valence-corrected chi connectivity index (χ1v) is 6.07. The Bertz CT molecular complexity index is 599. The number of phenols is 1. The minimum absolute atomic E-state index is 0.147. The van der Waals surface area contributed by atoms with Crippen LogP contribution in [0.4, 0.5) is 5.69 Å². The highest BCUT2D eigenvalue weighted by molar-refractivity contribution is 9.10. The van der Waals surface area contributed by atoms with Gasteiger partial charge >= 0.3 is 0 Å². The summed E-state index contributed by atoms with van der Waals surface area (Å²) in [5.74, 6) is -0.0754. The molecule has 1 heterocycles. The van der Waals surface area contributed by atoms with Crippen molar-refractivity contribution in [2.24, 2.45) is 0 Å². The van der Waals surface area contributed by atoms with Crippen molar-refractivity contribution in [2.75, 3.05) is 5.32 Å². The summed E-state index contributed by atoms with van der Waals surface area (Å²) in [4.78, 5) is 16.0. The predicted octanol–water partition coefficient (Wildman–Crippen LogP) is 3.11. The molecule has 92 valence electrons. The Morgan fingerprint density at radius 3 is 2.83 bits per heavy atom. The fourth-order valence-corrected chi connectivity index (χ4v) is 1.92. The minimum Gasteiger partial charge on any atom is -0.508 e. The molecular weight excluding hydrogens is 296 g/mol. The van der Waals surface area contributed by atoms with Crippen LogP contribution in [0.25, 0.3) is 0 Å². The number of pyridine rings is 1. The second-order valence-electron chi connectivity index (χ2n) is 3.81. The molecule has 0 saturated heterocycles. The molecule has 1 aromatic carbocycles. The quantitative estimate of drug-likeness (QED) is 0.896. The molecule has 0 bridgehead atoms. The van der Waals surface area contributed by atoms with Gasteiger partial charge in [-0.1, -0.05) is 0 Å². The second kappa shape index (κ2) is 5.18. The van der Waals surface area contributed by atoms with Crippen molar-refractivity contribution in [1.82, 2.24) is 4.98 Å². The number of carbonyl (C=O) groups excluding carboxylic acids is 1. The Labute approximate surface area is 113 Å². The van der Waals surface area contributed by atoms with Crippen molar-refractivity contribution < 1.29 is 9.90 Å². The number of nitrogens with zero attached hydrogens (tertiary/aromatic N) is 1. The van der Waals surface area contributed by atoms with E-state index in [4.69, 9.17) is 0 Å². The molecule has 1 aromatic heterocycles. The van der Waals surface area contributed by atoms with Crippen LogP contribution in [0.2, 0.25) is 0 Å². The van der Waals surface area contributed by atoms with Crippen molar-refractivity contribution in [2.45, 2.75) is 6.92 Å². The standard InChI is InChI=1S/C13H11BrN2O2/c1-8-6-9(17)2-3-10(8)13(18)16-12-4-5-15-7-11(12)14/h2-7,17H,1H3,(H,15,16,18). The lowest BCUT2D eigenvalue weighted by atomic mass is 10.1. The number of benzene rings is 1. The van der Waals surface area contributed by atoms with Crippen LogP contribution in [0.1, 0.15) is 15.9 Å². The fourth-order valence-electron chi connectivity index (χ4n) is 1.57. The molecule has 0 fully saturated rings. The molecular formula is C13H11BrN2O2. The molecule has 0 unspecified atom stereocenters. The Morgan fingerprint density at radius 1 is 1.39 bits per heavy atom. The molecule has 2 N–H and O–H groups in total. The van der Waals surface area contributed by atoms with E-state index >= 15 is 0 Å². The zero-order valence-electron chi connectivity index (χ0n) is 9.64. The number of anilines is 1. The topological polar surface area (TPSA) is 62.2 Å². The van der Waals surface area contributed by atoms with Crippen molar-refractivity contribution in [3.8, 4) is 5.75 Å². The van der Waals surface area contributed by atoms with Crippen LogP contribution >= 0.6 is 15.9 Å². The molecule has 0 atom stereocenters. The van der Waals surface area contributed by atoms with Crippen molar-refractivity contribution in [3.63, 3.8) is 0 Å². The molecule has 5 heteroatoms. The molecule has 1 amide bonds. The van der Waals surface area contributed by atoms with E-state index in [0.717, 1.165) is 10.0 Å². The average Bonchev–Trinajstić information content (AvgIpc) is 2.32. The smallest absolute Gasteiger partial charge is 0.255 e. The molecule has 0 aliphatic rings. The average molecular weight is 307 g/mol. The third-order valence-electron chi connectivity index (χ3n) is 2.48. The lowest BCUT2D eigenvalue weighted by Gasteiger charge is -2.09. The monoisotopic (exact) mass is 306 g/mol. The lowest BCUT2D eigenvalue weighted by molar-refractivity contribution is 0.102. The van der Waals surface area contributed by atoms with Crippen molar-refractivity contribution in [3.05, 3.63) is 52.3 Å². The molecule has 0 saturated carbocycles. The van der Waals surface area contributed by atoms with Gasteiger partial charge in [0.2, 0.25) is 0 Å². The number of nitrogens with one attached hydrogen (secondary N) is 1.